The molecule has 1 aliphatic rings. The molecule has 1 saturated carbocycles. The number of carboxylic acids is 1. The number of carbonyl (C=O) groups excluding carboxylic acids is 1. The van der Waals surface area contributed by atoms with Crippen molar-refractivity contribution in [1.82, 2.24) is 5.32 Å². The Bertz CT molecular complexity index is 512. The minimum atomic E-state index is -1.19. The summed E-state index contributed by atoms with van der Waals surface area (Å²) in [5.74, 6) is -3.21. The summed E-state index contributed by atoms with van der Waals surface area (Å²) < 4.78 is 25.9. The van der Waals surface area contributed by atoms with Crippen molar-refractivity contribution >= 4 is 11.9 Å². The number of hydrogen-bond donors (Lipinski definition) is 2. The summed E-state index contributed by atoms with van der Waals surface area (Å²) in [4.78, 5) is 22.4. The number of halogens is 2. The molecule has 2 N–H and O–H groups in total. The first kappa shape index (κ1) is 12.5. The molecule has 1 fully saturated rings. The van der Waals surface area contributed by atoms with Gasteiger partial charge in [-0.25, -0.2) is 13.6 Å². The number of nitrogens with one attached hydrogen (secondary N) is 1. The van der Waals surface area contributed by atoms with E-state index in [1.54, 1.807) is 0 Å². The maximum absolute atomic E-state index is 13.3. The van der Waals surface area contributed by atoms with E-state index < -0.39 is 29.0 Å². The van der Waals surface area contributed by atoms with Gasteiger partial charge in [0.15, 0.2) is 0 Å². The van der Waals surface area contributed by atoms with Gasteiger partial charge in [-0.15, -0.1) is 0 Å². The summed E-state index contributed by atoms with van der Waals surface area (Å²) in [5, 5.41) is 11.2. The third kappa shape index (κ3) is 2.47. The molecule has 2 rings (SSSR count). The van der Waals surface area contributed by atoms with E-state index in [2.05, 4.69) is 5.32 Å². The van der Waals surface area contributed by atoms with Gasteiger partial charge < -0.3 is 10.4 Å². The van der Waals surface area contributed by atoms with E-state index in [1.165, 1.54) is 6.07 Å². The zero-order chi connectivity index (χ0) is 13.3. The van der Waals surface area contributed by atoms with Crippen molar-refractivity contribution in [3.63, 3.8) is 0 Å². The Hall–Kier alpha value is -1.98. The molecule has 0 atom stereocenters. The number of amides is 1. The molecule has 4 nitrogen and oxygen atoms in total. The van der Waals surface area contributed by atoms with Crippen LogP contribution in [0.3, 0.4) is 0 Å². The predicted molar refractivity (Wildman–Crippen MR) is 57.8 cm³/mol. The van der Waals surface area contributed by atoms with Crippen molar-refractivity contribution < 1.29 is 23.5 Å². The first-order valence-corrected chi connectivity index (χ1v) is 5.41. The smallest absolute Gasteiger partial charge is 0.329 e. The van der Waals surface area contributed by atoms with Gasteiger partial charge >= 0.3 is 5.97 Å². The van der Waals surface area contributed by atoms with Crippen LogP contribution in [-0.4, -0.2) is 22.5 Å². The predicted octanol–water partition coefficient (Wildman–Crippen LogP) is 1.24. The fourth-order valence-corrected chi connectivity index (χ4v) is 1.67. The maximum atomic E-state index is 13.3. The molecule has 1 aliphatic carbocycles. The average Bonchev–Trinajstić information content (AvgIpc) is 3.03. The van der Waals surface area contributed by atoms with Crippen molar-refractivity contribution in [2.45, 2.75) is 24.8 Å². The monoisotopic (exact) mass is 255 g/mol. The lowest BCUT2D eigenvalue weighted by atomic mass is 10.1. The van der Waals surface area contributed by atoms with E-state index >= 15 is 0 Å². The molecule has 1 aromatic carbocycles. The highest BCUT2D eigenvalue weighted by atomic mass is 19.1. The Morgan fingerprint density at radius 3 is 2.50 bits per heavy atom. The molecule has 18 heavy (non-hydrogen) atoms. The van der Waals surface area contributed by atoms with Gasteiger partial charge in [0.05, 0.1) is 6.42 Å². The number of rotatable bonds is 4. The van der Waals surface area contributed by atoms with E-state index in [0.29, 0.717) is 18.9 Å². The number of hydrogen-bond acceptors (Lipinski definition) is 2. The lowest BCUT2D eigenvalue weighted by Crippen LogP contribution is -2.43. The minimum Gasteiger partial charge on any atom is -0.480 e. The van der Waals surface area contributed by atoms with Crippen molar-refractivity contribution in [2.75, 3.05) is 0 Å². The molecule has 96 valence electrons. The fourth-order valence-electron chi connectivity index (χ4n) is 1.67. The molecule has 0 unspecified atom stereocenters. The Morgan fingerprint density at radius 1 is 1.33 bits per heavy atom. The third-order valence-corrected chi connectivity index (χ3v) is 2.90. The van der Waals surface area contributed by atoms with Crippen LogP contribution < -0.4 is 5.32 Å². The molecule has 0 heterocycles. The molecular formula is C12H11F2NO3. The van der Waals surface area contributed by atoms with Gasteiger partial charge in [-0.2, -0.15) is 0 Å². The molecule has 6 heteroatoms. The van der Waals surface area contributed by atoms with Gasteiger partial charge in [-0.3, -0.25) is 4.79 Å². The average molecular weight is 255 g/mol. The van der Waals surface area contributed by atoms with E-state index in [9.17, 15) is 18.4 Å². The van der Waals surface area contributed by atoms with Crippen molar-refractivity contribution in [3.05, 3.63) is 35.4 Å². The number of aliphatic carboxylic acids is 1. The number of carbonyl (C=O) groups is 2. The first-order chi connectivity index (χ1) is 8.43. The van der Waals surface area contributed by atoms with E-state index in [-0.39, 0.29) is 12.0 Å². The number of carboxylic acid groups (broad SMARTS) is 1. The summed E-state index contributed by atoms with van der Waals surface area (Å²) in [6, 6.07) is 2.91. The summed E-state index contributed by atoms with van der Waals surface area (Å²) in [6.07, 6.45) is 0.446. The Morgan fingerprint density at radius 2 is 2.00 bits per heavy atom. The van der Waals surface area contributed by atoms with Gasteiger partial charge in [0.2, 0.25) is 5.91 Å². The Labute approximate surface area is 102 Å². The summed E-state index contributed by atoms with van der Waals surface area (Å²) in [5.41, 5.74) is -1.15. The molecule has 1 aromatic rings. The van der Waals surface area contributed by atoms with Crippen LogP contribution in [0, 0.1) is 11.6 Å². The molecule has 0 aromatic heterocycles. The summed E-state index contributed by atoms with van der Waals surface area (Å²) in [6.45, 7) is 0. The van der Waals surface area contributed by atoms with Crippen molar-refractivity contribution in [1.29, 1.82) is 0 Å². The fraction of sp³-hybridized carbons (Fsp3) is 0.333. The highest BCUT2D eigenvalue weighted by Gasteiger charge is 2.51. The third-order valence-electron chi connectivity index (χ3n) is 2.90. The molecule has 0 bridgehead atoms. The highest BCUT2D eigenvalue weighted by Crippen LogP contribution is 2.35. The summed E-state index contributed by atoms with van der Waals surface area (Å²) in [7, 11) is 0. The van der Waals surface area contributed by atoms with Crippen LogP contribution in [0.4, 0.5) is 8.78 Å². The Balaban J connectivity index is 2.02. The zero-order valence-corrected chi connectivity index (χ0v) is 9.37. The lowest BCUT2D eigenvalue weighted by molar-refractivity contribution is -0.143. The maximum Gasteiger partial charge on any atom is 0.329 e. The van der Waals surface area contributed by atoms with Crippen LogP contribution in [0.1, 0.15) is 18.4 Å². The Kier molecular flexibility index (Phi) is 3.02. The molecule has 0 aliphatic heterocycles. The summed E-state index contributed by atoms with van der Waals surface area (Å²) >= 11 is 0. The van der Waals surface area contributed by atoms with Crippen LogP contribution in [0.25, 0.3) is 0 Å². The largest absolute Gasteiger partial charge is 0.480 e. The van der Waals surface area contributed by atoms with Gasteiger partial charge in [0.25, 0.3) is 0 Å². The molecule has 0 spiro atoms. The lowest BCUT2D eigenvalue weighted by Gasteiger charge is -2.12. The SMILES string of the molecule is O=C(Cc1ccc(F)cc1F)NC1(C(=O)O)CC1. The van der Waals surface area contributed by atoms with Crippen LogP contribution in [0.5, 0.6) is 0 Å². The molecule has 1 amide bonds. The van der Waals surface area contributed by atoms with Crippen LogP contribution in [-0.2, 0) is 16.0 Å². The van der Waals surface area contributed by atoms with Crippen molar-refractivity contribution in [2.24, 2.45) is 0 Å². The highest BCUT2D eigenvalue weighted by molar-refractivity contribution is 5.90. The van der Waals surface area contributed by atoms with Gasteiger partial charge in [0, 0.05) is 6.07 Å². The van der Waals surface area contributed by atoms with Gasteiger partial charge in [0.1, 0.15) is 17.2 Å². The second-order valence-corrected chi connectivity index (χ2v) is 4.35. The molecular weight excluding hydrogens is 244 g/mol. The minimum absolute atomic E-state index is 0.0371. The first-order valence-electron chi connectivity index (χ1n) is 5.41. The van der Waals surface area contributed by atoms with Gasteiger partial charge in [-0.05, 0) is 24.5 Å². The van der Waals surface area contributed by atoms with Crippen LogP contribution >= 0.6 is 0 Å². The van der Waals surface area contributed by atoms with Crippen molar-refractivity contribution in [3.8, 4) is 0 Å². The van der Waals surface area contributed by atoms with Crippen LogP contribution in [0.2, 0.25) is 0 Å². The van der Waals surface area contributed by atoms with E-state index in [0.717, 1.165) is 6.07 Å². The second kappa shape index (κ2) is 4.36. The second-order valence-electron chi connectivity index (χ2n) is 4.35. The van der Waals surface area contributed by atoms with Gasteiger partial charge in [-0.1, -0.05) is 6.07 Å². The topological polar surface area (TPSA) is 66.4 Å². The quantitative estimate of drug-likeness (QED) is 0.850. The zero-order valence-electron chi connectivity index (χ0n) is 9.37. The van der Waals surface area contributed by atoms with E-state index in [4.69, 9.17) is 5.11 Å². The standard InChI is InChI=1S/C12H11F2NO3/c13-8-2-1-7(9(14)6-8)5-10(16)15-12(3-4-12)11(17)18/h1-2,6H,3-5H2,(H,15,16)(H,17,18). The van der Waals surface area contributed by atoms with Crippen LogP contribution in [0.15, 0.2) is 18.2 Å². The molecule has 0 saturated heterocycles. The number of benzene rings is 1. The van der Waals surface area contributed by atoms with E-state index in [1.807, 2.05) is 0 Å². The molecule has 0 radical (unpaired) electrons. The normalized spacial score (nSPS) is 16.1.